The van der Waals surface area contributed by atoms with E-state index in [0.29, 0.717) is 17.1 Å². The molecule has 0 fully saturated rings. The predicted molar refractivity (Wildman–Crippen MR) is 83.5 cm³/mol. The van der Waals surface area contributed by atoms with Crippen LogP contribution in [0.15, 0.2) is 12.1 Å². The molecule has 0 aromatic heterocycles. The first-order chi connectivity index (χ1) is 9.43. The van der Waals surface area contributed by atoms with Crippen LogP contribution >= 0.6 is 35.0 Å². The lowest BCUT2D eigenvalue weighted by Crippen LogP contribution is -2.14. The topological polar surface area (TPSA) is 81.4 Å². The second kappa shape index (κ2) is 8.24. The molecule has 3 N–H and O–H groups in total. The van der Waals surface area contributed by atoms with Crippen LogP contribution in [0.5, 0.6) is 0 Å². The molecule has 0 bridgehead atoms. The van der Waals surface area contributed by atoms with Crippen LogP contribution in [0.25, 0.3) is 0 Å². The van der Waals surface area contributed by atoms with Gasteiger partial charge in [-0.05, 0) is 12.1 Å². The first-order valence-electron chi connectivity index (χ1n) is 5.63. The van der Waals surface area contributed by atoms with E-state index < -0.39 is 0 Å². The third-order valence-corrected chi connectivity index (χ3v) is 3.78. The van der Waals surface area contributed by atoms with Crippen LogP contribution in [0, 0.1) is 0 Å². The number of hydrogen-bond acceptors (Lipinski definition) is 5. The Morgan fingerprint density at radius 1 is 1.35 bits per heavy atom. The molecule has 0 saturated carbocycles. The van der Waals surface area contributed by atoms with Crippen LogP contribution in [0.1, 0.15) is 6.42 Å². The quantitative estimate of drug-likeness (QED) is 0.474. The summed E-state index contributed by atoms with van der Waals surface area (Å²) in [5, 5.41) is 3.19. The average Bonchev–Trinajstić information content (AvgIpc) is 2.38. The van der Waals surface area contributed by atoms with Crippen molar-refractivity contribution in [1.29, 1.82) is 0 Å². The fourth-order valence-electron chi connectivity index (χ4n) is 1.29. The summed E-state index contributed by atoms with van der Waals surface area (Å²) in [4.78, 5) is 22.6. The Morgan fingerprint density at radius 3 is 2.50 bits per heavy atom. The summed E-state index contributed by atoms with van der Waals surface area (Å²) in [5.74, 6) is 0.147. The molecule has 20 heavy (non-hydrogen) atoms. The number of carbonyl (C=O) groups is 2. The van der Waals surface area contributed by atoms with Crippen LogP contribution in [-0.2, 0) is 14.3 Å². The molecule has 0 aliphatic heterocycles. The molecule has 0 aliphatic carbocycles. The van der Waals surface area contributed by atoms with Gasteiger partial charge in [0, 0.05) is 17.9 Å². The Kier molecular flexibility index (Phi) is 6.98. The number of carbonyl (C=O) groups excluding carboxylic acids is 2. The average molecular weight is 337 g/mol. The smallest absolute Gasteiger partial charge is 0.315 e. The van der Waals surface area contributed by atoms with Crippen molar-refractivity contribution in [3.63, 3.8) is 0 Å². The van der Waals surface area contributed by atoms with Crippen LogP contribution in [-0.4, -0.2) is 30.5 Å². The number of ether oxygens (including phenoxy) is 1. The van der Waals surface area contributed by atoms with Crippen LogP contribution in [0.2, 0.25) is 10.0 Å². The summed E-state index contributed by atoms with van der Waals surface area (Å²) in [6, 6.07) is 3.02. The molecule has 1 rings (SSSR count). The summed E-state index contributed by atoms with van der Waals surface area (Å²) in [6.45, 7) is 0. The molecule has 8 heteroatoms. The summed E-state index contributed by atoms with van der Waals surface area (Å²) in [5.41, 5.74) is 6.33. The lowest BCUT2D eigenvalue weighted by Gasteiger charge is -2.10. The summed E-state index contributed by atoms with van der Waals surface area (Å²) < 4.78 is 4.49. The van der Waals surface area contributed by atoms with E-state index in [1.165, 1.54) is 31.0 Å². The minimum Gasteiger partial charge on any atom is -0.468 e. The van der Waals surface area contributed by atoms with Crippen molar-refractivity contribution in [2.75, 3.05) is 29.7 Å². The second-order valence-electron chi connectivity index (χ2n) is 3.79. The van der Waals surface area contributed by atoms with Gasteiger partial charge in [-0.15, -0.1) is 11.8 Å². The minimum absolute atomic E-state index is 0.215. The Hall–Kier alpha value is -1.11. The summed E-state index contributed by atoms with van der Waals surface area (Å²) in [6.07, 6.45) is 0.235. The van der Waals surface area contributed by atoms with Crippen LogP contribution in [0.4, 0.5) is 11.4 Å². The zero-order valence-electron chi connectivity index (χ0n) is 10.7. The highest BCUT2D eigenvalue weighted by molar-refractivity contribution is 7.99. The minimum atomic E-state index is -0.319. The van der Waals surface area contributed by atoms with Crippen LogP contribution < -0.4 is 11.1 Å². The number of anilines is 2. The van der Waals surface area contributed by atoms with Crippen molar-refractivity contribution in [2.45, 2.75) is 6.42 Å². The SMILES string of the molecule is COC(=O)CSCCC(=O)Nc1c(Cl)cc(N)cc1Cl. The zero-order valence-corrected chi connectivity index (χ0v) is 13.1. The number of thioether (sulfide) groups is 1. The molecule has 0 heterocycles. The lowest BCUT2D eigenvalue weighted by molar-refractivity contribution is -0.137. The molecule has 0 radical (unpaired) electrons. The summed E-state index contributed by atoms with van der Waals surface area (Å²) >= 11 is 13.2. The number of hydrogen-bond donors (Lipinski definition) is 2. The molecule has 0 saturated heterocycles. The van der Waals surface area contributed by atoms with Gasteiger partial charge in [-0.1, -0.05) is 23.2 Å². The highest BCUT2D eigenvalue weighted by atomic mass is 35.5. The van der Waals surface area contributed by atoms with Gasteiger partial charge in [-0.25, -0.2) is 0 Å². The molecular weight excluding hydrogens is 323 g/mol. The fourth-order valence-corrected chi connectivity index (χ4v) is 2.65. The van der Waals surface area contributed by atoms with E-state index >= 15 is 0 Å². The highest BCUT2D eigenvalue weighted by Gasteiger charge is 2.11. The fraction of sp³-hybridized carbons (Fsp3) is 0.333. The third kappa shape index (κ3) is 5.48. The van der Waals surface area contributed by atoms with Crippen molar-refractivity contribution in [1.82, 2.24) is 0 Å². The Balaban J connectivity index is 2.45. The number of nitrogens with two attached hydrogens (primary N) is 1. The van der Waals surface area contributed by atoms with Gasteiger partial charge in [0.05, 0.1) is 28.6 Å². The molecule has 0 atom stereocenters. The van der Waals surface area contributed by atoms with Gasteiger partial charge in [0.25, 0.3) is 0 Å². The van der Waals surface area contributed by atoms with Gasteiger partial charge in [0.1, 0.15) is 0 Å². The van der Waals surface area contributed by atoms with Gasteiger partial charge in [-0.3, -0.25) is 9.59 Å². The van der Waals surface area contributed by atoms with E-state index in [2.05, 4.69) is 10.1 Å². The normalized spacial score (nSPS) is 10.2. The second-order valence-corrected chi connectivity index (χ2v) is 5.71. The molecule has 1 aromatic rings. The third-order valence-electron chi connectivity index (χ3n) is 2.25. The van der Waals surface area contributed by atoms with Crippen molar-refractivity contribution >= 4 is 58.2 Å². The molecule has 5 nitrogen and oxygen atoms in total. The zero-order chi connectivity index (χ0) is 15.1. The maximum atomic E-state index is 11.7. The number of nitrogen functional groups attached to an aromatic ring is 1. The molecule has 1 aromatic carbocycles. The highest BCUT2D eigenvalue weighted by Crippen LogP contribution is 2.32. The number of amides is 1. The van der Waals surface area contributed by atoms with Crippen molar-refractivity contribution in [3.05, 3.63) is 22.2 Å². The number of methoxy groups -OCH3 is 1. The number of rotatable bonds is 6. The van der Waals surface area contributed by atoms with E-state index in [4.69, 9.17) is 28.9 Å². The van der Waals surface area contributed by atoms with Crippen LogP contribution in [0.3, 0.4) is 0 Å². The van der Waals surface area contributed by atoms with Gasteiger partial charge in [0.2, 0.25) is 5.91 Å². The molecule has 110 valence electrons. The largest absolute Gasteiger partial charge is 0.468 e. The predicted octanol–water partition coefficient (Wildman–Crippen LogP) is 2.81. The Morgan fingerprint density at radius 2 is 1.95 bits per heavy atom. The van der Waals surface area contributed by atoms with Gasteiger partial charge >= 0.3 is 5.97 Å². The number of esters is 1. The first-order valence-corrected chi connectivity index (χ1v) is 7.54. The van der Waals surface area contributed by atoms with E-state index in [0.717, 1.165) is 0 Å². The number of halogens is 2. The Bertz CT molecular complexity index is 488. The molecule has 1 amide bonds. The Labute approximate surface area is 131 Å². The maximum Gasteiger partial charge on any atom is 0.315 e. The standard InChI is InChI=1S/C12H14Cl2N2O3S/c1-19-11(18)6-20-3-2-10(17)16-12-8(13)4-7(15)5-9(12)14/h4-5H,2-3,6,15H2,1H3,(H,16,17). The number of nitrogens with one attached hydrogen (secondary N) is 1. The van der Waals surface area contributed by atoms with Gasteiger partial charge < -0.3 is 15.8 Å². The first kappa shape index (κ1) is 16.9. The molecule has 0 unspecified atom stereocenters. The van der Waals surface area contributed by atoms with Gasteiger partial charge in [0.15, 0.2) is 0 Å². The van der Waals surface area contributed by atoms with Crippen molar-refractivity contribution in [2.24, 2.45) is 0 Å². The molecule has 0 aliphatic rings. The lowest BCUT2D eigenvalue weighted by atomic mass is 10.2. The molecular formula is C12H14Cl2N2O3S. The van der Waals surface area contributed by atoms with E-state index in [-0.39, 0.29) is 34.1 Å². The molecule has 0 spiro atoms. The van der Waals surface area contributed by atoms with E-state index in [9.17, 15) is 9.59 Å². The monoisotopic (exact) mass is 336 g/mol. The van der Waals surface area contributed by atoms with Crippen molar-refractivity contribution < 1.29 is 14.3 Å². The van der Waals surface area contributed by atoms with Gasteiger partial charge in [-0.2, -0.15) is 0 Å². The van der Waals surface area contributed by atoms with Crippen molar-refractivity contribution in [3.8, 4) is 0 Å². The number of benzene rings is 1. The van der Waals surface area contributed by atoms with E-state index in [1.807, 2.05) is 0 Å². The summed E-state index contributed by atoms with van der Waals surface area (Å²) in [7, 11) is 1.32. The van der Waals surface area contributed by atoms with E-state index in [1.54, 1.807) is 0 Å². The maximum absolute atomic E-state index is 11.7.